The van der Waals surface area contributed by atoms with E-state index in [-0.39, 0.29) is 42.6 Å². The third kappa shape index (κ3) is 8.19. The van der Waals surface area contributed by atoms with E-state index in [2.05, 4.69) is 42.1 Å². The van der Waals surface area contributed by atoms with Crippen molar-refractivity contribution in [2.45, 2.75) is 111 Å². The Kier molecular flexibility index (Phi) is 12.0. The van der Waals surface area contributed by atoms with Crippen molar-refractivity contribution in [1.82, 2.24) is 34.8 Å². The van der Waals surface area contributed by atoms with Gasteiger partial charge in [0.05, 0.1) is 35.1 Å². The summed E-state index contributed by atoms with van der Waals surface area (Å²) in [5.41, 5.74) is 4.33. The Morgan fingerprint density at radius 3 is 2.60 bits per heavy atom. The summed E-state index contributed by atoms with van der Waals surface area (Å²) in [6.45, 7) is 15.4. The van der Waals surface area contributed by atoms with Crippen LogP contribution in [0, 0.1) is 35.9 Å². The average Bonchev–Trinajstić information content (AvgIpc) is 4.09. The van der Waals surface area contributed by atoms with E-state index in [1.165, 1.54) is 17.4 Å². The van der Waals surface area contributed by atoms with Gasteiger partial charge in [0.2, 0.25) is 5.91 Å². The SMILES string of the molecule is CCC1CC(C)CN1c1nc(OC2CCOCC2)nc2c(OCc3ccc(-c4cn(C(C(=O)N5CCCC5C)C(C)C)nn4)cc3)c(-c3ccc(F)c4sc(C)c(C#N)c34)ncc12. The number of carbonyl (C=O) groups excluding carboxylic acids is 1. The normalized spacial score (nSPS) is 20.0. The molecule has 3 aliphatic heterocycles. The minimum atomic E-state index is -0.443. The number of likely N-dealkylation sites (tertiary alicyclic amines) is 1. The minimum Gasteiger partial charge on any atom is -0.484 e. The number of nitrogens with zero attached hydrogens (tertiary/aromatic N) is 9. The van der Waals surface area contributed by atoms with Gasteiger partial charge in [-0.1, -0.05) is 57.2 Å². The van der Waals surface area contributed by atoms with E-state index in [9.17, 15) is 10.1 Å². The molecule has 4 aromatic heterocycles. The number of carbonyl (C=O) groups is 1. The molecule has 328 valence electrons. The summed E-state index contributed by atoms with van der Waals surface area (Å²) < 4.78 is 36.6. The van der Waals surface area contributed by atoms with Crippen molar-refractivity contribution in [2.75, 3.05) is 31.2 Å². The summed E-state index contributed by atoms with van der Waals surface area (Å²) in [4.78, 5) is 34.0. The highest BCUT2D eigenvalue weighted by molar-refractivity contribution is 7.19. The number of aryl methyl sites for hydroxylation is 1. The zero-order valence-corrected chi connectivity index (χ0v) is 37.6. The van der Waals surface area contributed by atoms with E-state index in [4.69, 9.17) is 29.2 Å². The topological polar surface area (TPSA) is 144 Å². The number of pyridine rings is 1. The van der Waals surface area contributed by atoms with E-state index in [0.717, 1.165) is 78.8 Å². The van der Waals surface area contributed by atoms with Crippen LogP contribution in [-0.2, 0) is 16.1 Å². The lowest BCUT2D eigenvalue weighted by Crippen LogP contribution is -2.41. The molecule has 0 spiro atoms. The molecule has 0 saturated carbocycles. The van der Waals surface area contributed by atoms with Gasteiger partial charge in [-0.15, -0.1) is 16.4 Å². The molecule has 0 radical (unpaired) electrons. The molecule has 7 heterocycles. The molecule has 3 fully saturated rings. The summed E-state index contributed by atoms with van der Waals surface area (Å²) in [7, 11) is 0. The number of ether oxygens (including phenoxy) is 3. The molecular weight excluding hydrogens is 818 g/mol. The van der Waals surface area contributed by atoms with Crippen LogP contribution >= 0.6 is 11.3 Å². The van der Waals surface area contributed by atoms with Crippen molar-refractivity contribution in [3.63, 3.8) is 0 Å². The van der Waals surface area contributed by atoms with Crippen LogP contribution in [0.15, 0.2) is 48.8 Å². The lowest BCUT2D eigenvalue weighted by molar-refractivity contribution is -0.137. The molecule has 9 rings (SSSR count). The monoisotopic (exact) mass is 871 g/mol. The van der Waals surface area contributed by atoms with E-state index in [1.54, 1.807) is 16.9 Å². The third-order valence-electron chi connectivity index (χ3n) is 12.9. The Bertz CT molecular complexity index is 2690. The number of halogens is 1. The number of benzene rings is 2. The van der Waals surface area contributed by atoms with Crippen molar-refractivity contribution < 1.29 is 23.4 Å². The predicted octanol–water partition coefficient (Wildman–Crippen LogP) is 9.45. The predicted molar refractivity (Wildman–Crippen MR) is 241 cm³/mol. The quantitative estimate of drug-likeness (QED) is 0.116. The fourth-order valence-corrected chi connectivity index (χ4v) is 10.6. The number of thiophene rings is 1. The second-order valence-corrected chi connectivity index (χ2v) is 19.0. The molecule has 3 aliphatic rings. The third-order valence-corrected chi connectivity index (χ3v) is 14.1. The fraction of sp³-hybridized carbons (Fsp3) is 0.479. The Balaban J connectivity index is 1.11. The van der Waals surface area contributed by atoms with E-state index in [1.807, 2.05) is 56.1 Å². The summed E-state index contributed by atoms with van der Waals surface area (Å²) >= 11 is 1.25. The number of anilines is 1. The Labute approximate surface area is 371 Å². The van der Waals surface area contributed by atoms with Gasteiger partial charge in [-0.05, 0) is 69.1 Å². The average molecular weight is 872 g/mol. The van der Waals surface area contributed by atoms with Gasteiger partial charge in [0.1, 0.15) is 53.4 Å². The van der Waals surface area contributed by atoms with Gasteiger partial charge in [0.25, 0.3) is 0 Å². The minimum absolute atomic E-state index is 0.0342. The molecule has 4 unspecified atom stereocenters. The van der Waals surface area contributed by atoms with Gasteiger partial charge in [0, 0.05) is 65.6 Å². The molecule has 6 aromatic rings. The second-order valence-electron chi connectivity index (χ2n) is 17.7. The van der Waals surface area contributed by atoms with Crippen LogP contribution in [0.2, 0.25) is 0 Å². The van der Waals surface area contributed by atoms with Crippen LogP contribution in [0.25, 0.3) is 43.5 Å². The maximum Gasteiger partial charge on any atom is 0.319 e. The molecule has 15 heteroatoms. The molecule has 0 bridgehead atoms. The zero-order valence-electron chi connectivity index (χ0n) is 36.8. The van der Waals surface area contributed by atoms with Crippen molar-refractivity contribution in [2.24, 2.45) is 11.8 Å². The molecule has 3 saturated heterocycles. The van der Waals surface area contributed by atoms with Crippen LogP contribution in [0.3, 0.4) is 0 Å². The van der Waals surface area contributed by atoms with Gasteiger partial charge in [-0.3, -0.25) is 9.78 Å². The highest BCUT2D eigenvalue weighted by atomic mass is 32.1. The molecule has 0 N–H and O–H groups in total. The van der Waals surface area contributed by atoms with Crippen molar-refractivity contribution >= 4 is 44.1 Å². The smallest absolute Gasteiger partial charge is 0.319 e. The van der Waals surface area contributed by atoms with Gasteiger partial charge < -0.3 is 24.0 Å². The number of nitriles is 1. The number of amides is 1. The highest BCUT2D eigenvalue weighted by Crippen LogP contribution is 2.45. The van der Waals surface area contributed by atoms with Crippen molar-refractivity contribution in [3.8, 4) is 40.3 Å². The largest absolute Gasteiger partial charge is 0.484 e. The summed E-state index contributed by atoms with van der Waals surface area (Å²) in [6, 6.07) is 13.6. The van der Waals surface area contributed by atoms with Crippen LogP contribution < -0.4 is 14.4 Å². The summed E-state index contributed by atoms with van der Waals surface area (Å²) in [6.07, 6.45) is 8.99. The maximum absolute atomic E-state index is 15.5. The van der Waals surface area contributed by atoms with Crippen LogP contribution in [0.1, 0.15) is 95.2 Å². The Hall–Kier alpha value is -5.72. The van der Waals surface area contributed by atoms with Gasteiger partial charge in [-0.25, -0.2) is 9.07 Å². The van der Waals surface area contributed by atoms with Crippen LogP contribution in [0.4, 0.5) is 10.2 Å². The van der Waals surface area contributed by atoms with Crippen molar-refractivity contribution in [3.05, 3.63) is 70.6 Å². The lowest BCUT2D eigenvalue weighted by atomic mass is 10.0. The standard InChI is InChI=1S/C48H54FN9O4S/c1-7-33-21-28(4)24-57(33)46-37-23-51-41(35-14-15-38(49)45-40(35)36(22-50)30(6)63-45)44(42(37)52-48(53-46)62-34-16-19-60-20-17-34)61-26-31-10-12-32(13-11-31)39-25-58(55-54-39)43(27(2)3)47(59)56-18-8-9-29(56)5/h10-15,23,25,27-29,33-34,43H,7-9,16-21,24,26H2,1-6H3. The number of hydrogen-bond donors (Lipinski definition) is 0. The number of hydrogen-bond acceptors (Lipinski definition) is 12. The highest BCUT2D eigenvalue weighted by Gasteiger charge is 2.35. The van der Waals surface area contributed by atoms with Crippen LogP contribution in [0.5, 0.6) is 11.8 Å². The summed E-state index contributed by atoms with van der Waals surface area (Å²) in [5, 5.41) is 20.5. The molecule has 13 nitrogen and oxygen atoms in total. The van der Waals surface area contributed by atoms with Gasteiger partial charge >= 0.3 is 6.01 Å². The maximum atomic E-state index is 15.5. The first kappa shape index (κ1) is 42.6. The molecular formula is C48H54FN9O4S. The Morgan fingerprint density at radius 1 is 1.10 bits per heavy atom. The first-order valence-corrected chi connectivity index (χ1v) is 23.1. The van der Waals surface area contributed by atoms with E-state index < -0.39 is 11.9 Å². The van der Waals surface area contributed by atoms with E-state index >= 15 is 4.39 Å². The Morgan fingerprint density at radius 2 is 1.89 bits per heavy atom. The molecule has 4 atom stereocenters. The first-order chi connectivity index (χ1) is 30.5. The second kappa shape index (κ2) is 17.8. The number of fused-ring (bicyclic) bond motifs is 2. The fourth-order valence-electron chi connectivity index (χ4n) is 9.59. The van der Waals surface area contributed by atoms with Gasteiger partial charge in [0.15, 0.2) is 5.75 Å². The molecule has 0 aliphatic carbocycles. The summed E-state index contributed by atoms with van der Waals surface area (Å²) in [5.74, 6) is 1.31. The molecule has 2 aromatic carbocycles. The zero-order chi connectivity index (χ0) is 43.9. The number of rotatable bonds is 12. The first-order valence-electron chi connectivity index (χ1n) is 22.3. The van der Waals surface area contributed by atoms with E-state index in [0.29, 0.717) is 63.0 Å². The van der Waals surface area contributed by atoms with Gasteiger partial charge in [-0.2, -0.15) is 15.2 Å². The van der Waals surface area contributed by atoms with Crippen LogP contribution in [-0.4, -0.2) is 85.2 Å². The number of aromatic nitrogens is 6. The molecule has 1 amide bonds. The van der Waals surface area contributed by atoms with Crippen molar-refractivity contribution in [1.29, 1.82) is 5.26 Å². The molecule has 63 heavy (non-hydrogen) atoms. The lowest BCUT2D eigenvalue weighted by Gasteiger charge is -2.28.